The topological polar surface area (TPSA) is 26.3 Å². The molecular formula is C17H21F11O2. The van der Waals surface area contributed by atoms with Gasteiger partial charge in [-0.25, -0.2) is 4.79 Å². The molecule has 0 aliphatic rings. The van der Waals surface area contributed by atoms with Crippen molar-refractivity contribution >= 4 is 5.97 Å². The molecule has 0 heterocycles. The molecule has 0 fully saturated rings. The van der Waals surface area contributed by atoms with Gasteiger partial charge < -0.3 is 4.74 Å². The van der Waals surface area contributed by atoms with Gasteiger partial charge in [-0.2, -0.15) is 48.3 Å². The zero-order valence-electron chi connectivity index (χ0n) is 16.0. The van der Waals surface area contributed by atoms with Gasteiger partial charge in [0.15, 0.2) is 0 Å². The van der Waals surface area contributed by atoms with Crippen molar-refractivity contribution < 1.29 is 57.8 Å². The molecule has 0 aromatic carbocycles. The highest BCUT2D eigenvalue weighted by Gasteiger charge is 2.88. The second kappa shape index (κ2) is 10.2. The number of allylic oxidation sites excluding steroid dienone is 1. The van der Waals surface area contributed by atoms with E-state index in [1.54, 1.807) is 0 Å². The first kappa shape index (κ1) is 28.4. The first-order valence-electron chi connectivity index (χ1n) is 8.85. The highest BCUT2D eigenvalue weighted by Crippen LogP contribution is 2.57. The molecule has 0 saturated carbocycles. The van der Waals surface area contributed by atoms with E-state index in [0.29, 0.717) is 12.8 Å². The van der Waals surface area contributed by atoms with Gasteiger partial charge in [-0.3, -0.25) is 0 Å². The van der Waals surface area contributed by atoms with Crippen molar-refractivity contribution in [2.75, 3.05) is 0 Å². The van der Waals surface area contributed by atoms with Gasteiger partial charge in [-0.15, -0.1) is 0 Å². The minimum Gasteiger partial charge on any atom is -0.393 e. The van der Waals surface area contributed by atoms with Crippen LogP contribution < -0.4 is 0 Å². The summed E-state index contributed by atoms with van der Waals surface area (Å²) in [5.41, 5.74) is -0.732. The van der Waals surface area contributed by atoms with Crippen LogP contribution >= 0.6 is 0 Å². The summed E-state index contributed by atoms with van der Waals surface area (Å²) in [7, 11) is 0. The van der Waals surface area contributed by atoms with Gasteiger partial charge in [0.25, 0.3) is 0 Å². The minimum absolute atomic E-state index is 0.108. The fourth-order valence-electron chi connectivity index (χ4n) is 2.15. The van der Waals surface area contributed by atoms with Crippen molar-refractivity contribution in [3.63, 3.8) is 0 Å². The zero-order chi connectivity index (χ0) is 24.0. The zero-order valence-corrected chi connectivity index (χ0v) is 16.0. The van der Waals surface area contributed by atoms with Crippen LogP contribution in [0.5, 0.6) is 0 Å². The van der Waals surface area contributed by atoms with Crippen LogP contribution in [0.2, 0.25) is 0 Å². The molecule has 0 rings (SSSR count). The second-order valence-corrected chi connectivity index (χ2v) is 6.57. The van der Waals surface area contributed by atoms with Crippen molar-refractivity contribution in [3.05, 3.63) is 11.6 Å². The molecule has 2 nitrogen and oxygen atoms in total. The molecule has 0 saturated heterocycles. The summed E-state index contributed by atoms with van der Waals surface area (Å²) in [4.78, 5) is 11.4. The average Bonchev–Trinajstić information content (AvgIpc) is 2.58. The summed E-state index contributed by atoms with van der Waals surface area (Å²) in [6.07, 6.45) is -7.96. The first-order valence-corrected chi connectivity index (χ1v) is 8.85. The van der Waals surface area contributed by atoms with Crippen LogP contribution in [-0.2, 0) is 9.53 Å². The Kier molecular flexibility index (Phi) is 9.64. The lowest BCUT2D eigenvalue weighted by Crippen LogP contribution is -2.67. The molecule has 0 N–H and O–H groups in total. The maximum Gasteiger partial charge on any atom is 0.473 e. The second-order valence-electron chi connectivity index (χ2n) is 6.57. The Hall–Kier alpha value is -1.56. The summed E-state index contributed by atoms with van der Waals surface area (Å²) in [6.45, 7) is 2.78. The Morgan fingerprint density at radius 3 is 1.67 bits per heavy atom. The summed E-state index contributed by atoms with van der Waals surface area (Å²) >= 11 is 0. The Morgan fingerprint density at radius 1 is 0.733 bits per heavy atom. The number of carbonyl (C=O) groups excluding carboxylic acids is 1. The van der Waals surface area contributed by atoms with Crippen LogP contribution in [0.1, 0.15) is 58.8 Å². The maximum absolute atomic E-state index is 13.4. The molecule has 0 unspecified atom stereocenters. The molecule has 30 heavy (non-hydrogen) atoms. The first-order chi connectivity index (χ1) is 13.4. The maximum atomic E-state index is 13.4. The lowest BCUT2D eigenvalue weighted by molar-refractivity contribution is -0.449. The van der Waals surface area contributed by atoms with E-state index in [1.807, 2.05) is 6.92 Å². The third-order valence-electron chi connectivity index (χ3n) is 4.06. The number of halogens is 11. The fraction of sp³-hybridized carbons (Fsp3) is 0.824. The van der Waals surface area contributed by atoms with Gasteiger partial charge in [-0.05, 0) is 19.8 Å². The Morgan fingerprint density at radius 2 is 1.20 bits per heavy atom. The molecule has 0 aromatic rings. The molecule has 0 spiro atoms. The normalized spacial score (nSPS) is 14.8. The lowest BCUT2D eigenvalue weighted by atomic mass is 10.0. The van der Waals surface area contributed by atoms with Gasteiger partial charge in [0.05, 0.1) is 0 Å². The molecule has 0 aliphatic heterocycles. The van der Waals surface area contributed by atoms with E-state index in [1.165, 1.54) is 0 Å². The van der Waals surface area contributed by atoms with Crippen molar-refractivity contribution in [2.24, 2.45) is 0 Å². The van der Waals surface area contributed by atoms with Crippen molar-refractivity contribution in [1.29, 1.82) is 0 Å². The number of hydrogen-bond donors (Lipinski definition) is 0. The lowest BCUT2D eigenvalue weighted by Gasteiger charge is -2.36. The predicted octanol–water partition coefficient (Wildman–Crippen LogP) is 7.29. The Balaban J connectivity index is 5.22. The smallest absolute Gasteiger partial charge is 0.393 e. The van der Waals surface area contributed by atoms with E-state index in [2.05, 4.69) is 4.74 Å². The molecule has 13 heteroatoms. The molecular weight excluding hydrogens is 445 g/mol. The van der Waals surface area contributed by atoms with Gasteiger partial charge in [0, 0.05) is 5.57 Å². The SMILES string of the molecule is CCCCCCCCC=C(C)C(=O)OC(F)(F)C(F)(F)C(F)(F)C(F)(F)C(F)(F)F. The Bertz CT molecular complexity index is 595. The van der Waals surface area contributed by atoms with E-state index in [-0.39, 0.29) is 6.42 Å². The van der Waals surface area contributed by atoms with Crippen LogP contribution in [0.25, 0.3) is 0 Å². The molecule has 0 bridgehead atoms. The largest absolute Gasteiger partial charge is 0.473 e. The number of carbonyl (C=O) groups is 1. The number of esters is 1. The minimum atomic E-state index is -7.61. The molecule has 0 atom stereocenters. The Labute approximate surface area is 165 Å². The van der Waals surface area contributed by atoms with E-state index in [4.69, 9.17) is 0 Å². The van der Waals surface area contributed by atoms with Crippen LogP contribution in [0.4, 0.5) is 48.3 Å². The predicted molar refractivity (Wildman–Crippen MR) is 83.7 cm³/mol. The number of alkyl halides is 11. The van der Waals surface area contributed by atoms with Crippen LogP contribution in [0.3, 0.4) is 0 Å². The van der Waals surface area contributed by atoms with Crippen molar-refractivity contribution in [2.45, 2.75) is 88.8 Å². The number of unbranched alkanes of at least 4 members (excludes halogenated alkanes) is 6. The van der Waals surface area contributed by atoms with Crippen LogP contribution in [0.15, 0.2) is 11.6 Å². The van der Waals surface area contributed by atoms with E-state index >= 15 is 0 Å². The quantitative estimate of drug-likeness (QED) is 0.131. The summed E-state index contributed by atoms with van der Waals surface area (Å²) < 4.78 is 144. The summed E-state index contributed by atoms with van der Waals surface area (Å²) in [5.74, 6) is -24.8. The summed E-state index contributed by atoms with van der Waals surface area (Å²) in [5, 5.41) is 0. The van der Waals surface area contributed by atoms with Gasteiger partial charge in [0.2, 0.25) is 0 Å². The van der Waals surface area contributed by atoms with Gasteiger partial charge >= 0.3 is 36.0 Å². The fourth-order valence-corrected chi connectivity index (χ4v) is 2.15. The van der Waals surface area contributed by atoms with Crippen molar-refractivity contribution in [3.8, 4) is 0 Å². The number of hydrogen-bond acceptors (Lipinski definition) is 2. The highest BCUT2D eigenvalue weighted by atomic mass is 19.4. The molecule has 178 valence electrons. The number of ether oxygens (including phenoxy) is 1. The third-order valence-corrected chi connectivity index (χ3v) is 4.06. The van der Waals surface area contributed by atoms with E-state index in [0.717, 1.165) is 38.7 Å². The average molecular weight is 466 g/mol. The summed E-state index contributed by atoms with van der Waals surface area (Å²) in [6, 6.07) is 0. The standard InChI is InChI=1S/C17H21F11O2/c1-3-4-5-6-7-8-9-10-11(2)12(29)30-17(27,28)15(22,23)13(18,19)14(20,21)16(24,25)26/h10H,3-9H2,1-2H3. The molecule has 0 aliphatic carbocycles. The van der Waals surface area contributed by atoms with E-state index in [9.17, 15) is 53.1 Å². The van der Waals surface area contributed by atoms with Crippen LogP contribution in [0, 0.1) is 0 Å². The van der Waals surface area contributed by atoms with Gasteiger partial charge in [0.1, 0.15) is 0 Å². The monoisotopic (exact) mass is 466 g/mol. The van der Waals surface area contributed by atoms with E-state index < -0.39 is 41.6 Å². The molecule has 0 radical (unpaired) electrons. The van der Waals surface area contributed by atoms with Crippen molar-refractivity contribution in [1.82, 2.24) is 0 Å². The van der Waals surface area contributed by atoms with Gasteiger partial charge in [-0.1, -0.05) is 45.1 Å². The molecule has 0 amide bonds. The molecule has 0 aromatic heterocycles. The van der Waals surface area contributed by atoms with Crippen LogP contribution in [-0.4, -0.2) is 36.0 Å². The third kappa shape index (κ3) is 6.22. The highest BCUT2D eigenvalue weighted by molar-refractivity contribution is 5.87. The number of rotatable bonds is 12.